The van der Waals surface area contributed by atoms with Gasteiger partial charge in [0.1, 0.15) is 0 Å². The molecule has 2 atom stereocenters. The molecule has 2 unspecified atom stereocenters. The molecule has 0 saturated carbocycles. The van der Waals surface area contributed by atoms with E-state index < -0.39 is 17.2 Å². The summed E-state index contributed by atoms with van der Waals surface area (Å²) in [5.74, 6) is 5.15. The van der Waals surface area contributed by atoms with Gasteiger partial charge in [0, 0.05) is 18.2 Å². The number of rotatable bonds is 10. The molecule has 0 spiro atoms. The first-order chi connectivity index (χ1) is 19.4. The predicted molar refractivity (Wildman–Crippen MR) is 158 cm³/mol. The molecule has 2 amide bonds. The quantitative estimate of drug-likeness (QED) is 0.261. The minimum absolute atomic E-state index is 0.161. The molecule has 1 aliphatic rings. The van der Waals surface area contributed by atoms with Crippen molar-refractivity contribution < 1.29 is 18.4 Å². The molecule has 9 heteroatoms. The van der Waals surface area contributed by atoms with Crippen LogP contribution in [0.3, 0.4) is 0 Å². The molecule has 3 aromatic rings. The fraction of sp³-hybridized carbons (Fsp3) is 0.355. The van der Waals surface area contributed by atoms with Crippen molar-refractivity contribution in [3.63, 3.8) is 0 Å². The summed E-state index contributed by atoms with van der Waals surface area (Å²) in [6.07, 6.45) is 1.74. The van der Waals surface area contributed by atoms with Crippen LogP contribution in [0.25, 0.3) is 10.8 Å². The molecule has 1 saturated heterocycles. The molecule has 3 aromatic carbocycles. The molecule has 0 bridgehead atoms. The summed E-state index contributed by atoms with van der Waals surface area (Å²) in [5.41, 5.74) is 2.16. The number of hydrogen-bond acceptors (Lipinski definition) is 4. The summed E-state index contributed by atoms with van der Waals surface area (Å²) in [6, 6.07) is 24.5. The summed E-state index contributed by atoms with van der Waals surface area (Å²) in [5, 5.41) is 7.65. The molecule has 0 aromatic heterocycles. The van der Waals surface area contributed by atoms with E-state index in [1.807, 2.05) is 30.3 Å². The van der Waals surface area contributed by atoms with Crippen LogP contribution in [0.2, 0.25) is 0 Å². The zero-order valence-corrected chi connectivity index (χ0v) is 23.5. The molecule has 8 nitrogen and oxygen atoms in total. The Labute approximate surface area is 238 Å². The van der Waals surface area contributed by atoms with E-state index in [0.717, 1.165) is 31.5 Å². The van der Waals surface area contributed by atoms with Gasteiger partial charge in [-0.25, -0.2) is 4.21 Å². The van der Waals surface area contributed by atoms with Crippen LogP contribution in [-0.4, -0.2) is 69.0 Å². The Morgan fingerprint density at radius 1 is 1.00 bits per heavy atom. The van der Waals surface area contributed by atoms with Gasteiger partial charge in [0.2, 0.25) is 23.1 Å². The number of fused-ring (bicyclic) bond motifs is 1. The zero-order valence-electron chi connectivity index (χ0n) is 22.7. The Kier molecular flexibility index (Phi) is 10.8. The number of nitrogens with zero attached hydrogens (tertiary/aromatic N) is 2. The first-order valence-electron chi connectivity index (χ1n) is 13.6. The summed E-state index contributed by atoms with van der Waals surface area (Å²) in [6.45, 7) is 4.01. The van der Waals surface area contributed by atoms with Crippen molar-refractivity contribution in [1.82, 2.24) is 19.8 Å². The lowest BCUT2D eigenvalue weighted by Crippen LogP contribution is -2.45. The molecule has 0 aliphatic carbocycles. The van der Waals surface area contributed by atoms with E-state index in [2.05, 4.69) is 76.8 Å². The third-order valence-electron chi connectivity index (χ3n) is 7.30. The topological polar surface area (TPSA) is 102 Å². The standard InChI is InChI=1S/C31H36N4O4S/c1-24(28-15-7-13-27-12-5-6-14-29(27)28)34-19-16-26(17-20-34)22-35(40(38)39)23-31(37)33-21-30(36)32-18-8-11-25-9-3-2-4-10-25/h2-7,9-10,12-15,24,26H,16-23H2,1H3,(H,32,36)(H,33,37)(H,38,39). The molecule has 1 heterocycles. The van der Waals surface area contributed by atoms with E-state index in [-0.39, 0.29) is 37.5 Å². The lowest BCUT2D eigenvalue weighted by molar-refractivity contribution is -0.126. The Balaban J connectivity index is 1.20. The van der Waals surface area contributed by atoms with Gasteiger partial charge in [-0.05, 0) is 67.2 Å². The number of amides is 2. The van der Waals surface area contributed by atoms with Crippen LogP contribution in [0.1, 0.15) is 36.9 Å². The van der Waals surface area contributed by atoms with Crippen LogP contribution >= 0.6 is 0 Å². The molecule has 1 fully saturated rings. The van der Waals surface area contributed by atoms with E-state index in [1.54, 1.807) is 0 Å². The Morgan fingerprint density at radius 3 is 2.45 bits per heavy atom. The van der Waals surface area contributed by atoms with Crippen LogP contribution < -0.4 is 10.6 Å². The number of likely N-dealkylation sites (tertiary alicyclic amines) is 1. The van der Waals surface area contributed by atoms with Gasteiger partial charge in [-0.15, -0.1) is 0 Å². The maximum absolute atomic E-state index is 12.4. The normalized spacial score (nSPS) is 15.7. The third kappa shape index (κ3) is 8.47. The van der Waals surface area contributed by atoms with Crippen LogP contribution in [0.15, 0.2) is 72.8 Å². The Hall–Kier alpha value is -3.55. The number of nitrogens with one attached hydrogen (secondary N) is 2. The Morgan fingerprint density at radius 2 is 1.70 bits per heavy atom. The second-order valence-corrected chi connectivity index (χ2v) is 11.0. The van der Waals surface area contributed by atoms with Crippen molar-refractivity contribution in [1.29, 1.82) is 0 Å². The van der Waals surface area contributed by atoms with Gasteiger partial charge >= 0.3 is 0 Å². The molecule has 4 rings (SSSR count). The van der Waals surface area contributed by atoms with Gasteiger partial charge in [0.25, 0.3) is 0 Å². The van der Waals surface area contributed by atoms with Gasteiger partial charge in [-0.3, -0.25) is 19.0 Å². The molecule has 0 radical (unpaired) electrons. The van der Waals surface area contributed by atoms with Crippen molar-refractivity contribution in [3.8, 4) is 11.8 Å². The van der Waals surface area contributed by atoms with Crippen molar-refractivity contribution in [2.24, 2.45) is 5.92 Å². The van der Waals surface area contributed by atoms with Gasteiger partial charge in [-0.1, -0.05) is 72.5 Å². The summed E-state index contributed by atoms with van der Waals surface area (Å²) in [4.78, 5) is 26.9. The molecule has 1 aliphatic heterocycles. The summed E-state index contributed by atoms with van der Waals surface area (Å²) in [7, 11) is 0. The lowest BCUT2D eigenvalue weighted by Gasteiger charge is -2.37. The smallest absolute Gasteiger partial charge is 0.240 e. The van der Waals surface area contributed by atoms with Crippen molar-refractivity contribution >= 4 is 33.9 Å². The zero-order chi connectivity index (χ0) is 28.3. The third-order valence-corrected chi connectivity index (χ3v) is 8.02. The van der Waals surface area contributed by atoms with Crippen LogP contribution in [0.4, 0.5) is 0 Å². The highest BCUT2D eigenvalue weighted by Crippen LogP contribution is 2.31. The summed E-state index contributed by atoms with van der Waals surface area (Å²) < 4.78 is 23.0. The highest BCUT2D eigenvalue weighted by molar-refractivity contribution is 7.76. The van der Waals surface area contributed by atoms with Crippen LogP contribution in [-0.2, 0) is 20.9 Å². The molecule has 40 heavy (non-hydrogen) atoms. The number of benzene rings is 3. The lowest BCUT2D eigenvalue weighted by atomic mass is 9.93. The SMILES string of the molecule is CC(c1cccc2ccccc12)N1CCC(CN(CC(=O)NCC(=O)NCC#Cc2ccccc2)S(=O)O)CC1. The predicted octanol–water partition coefficient (Wildman–Crippen LogP) is 3.34. The Bertz CT molecular complexity index is 1370. The molecule has 3 N–H and O–H groups in total. The second kappa shape index (κ2) is 14.7. The monoisotopic (exact) mass is 560 g/mol. The number of hydrogen-bond donors (Lipinski definition) is 3. The van der Waals surface area contributed by atoms with E-state index in [4.69, 9.17) is 0 Å². The highest BCUT2D eigenvalue weighted by atomic mass is 32.2. The summed E-state index contributed by atoms with van der Waals surface area (Å²) >= 11 is -2.29. The van der Waals surface area contributed by atoms with Gasteiger partial charge in [0.15, 0.2) is 0 Å². The average molecular weight is 561 g/mol. The van der Waals surface area contributed by atoms with Gasteiger partial charge in [-0.2, -0.15) is 4.31 Å². The van der Waals surface area contributed by atoms with E-state index in [1.165, 1.54) is 20.6 Å². The number of carbonyl (C=O) groups excluding carboxylic acids is 2. The van der Waals surface area contributed by atoms with Crippen LogP contribution in [0.5, 0.6) is 0 Å². The fourth-order valence-corrected chi connectivity index (χ4v) is 5.64. The van der Waals surface area contributed by atoms with Gasteiger partial charge in [0.05, 0.1) is 19.6 Å². The number of piperidine rings is 1. The highest BCUT2D eigenvalue weighted by Gasteiger charge is 2.27. The van der Waals surface area contributed by atoms with Crippen molar-refractivity contribution in [3.05, 3.63) is 83.9 Å². The molecular weight excluding hydrogens is 524 g/mol. The second-order valence-electron chi connectivity index (χ2n) is 10.00. The maximum Gasteiger partial charge on any atom is 0.240 e. The minimum atomic E-state index is -2.29. The van der Waals surface area contributed by atoms with E-state index >= 15 is 0 Å². The minimum Gasteiger partial charge on any atom is -0.346 e. The first-order valence-corrected chi connectivity index (χ1v) is 14.6. The maximum atomic E-state index is 12.4. The molecule has 210 valence electrons. The average Bonchev–Trinajstić information content (AvgIpc) is 2.98. The van der Waals surface area contributed by atoms with Crippen LogP contribution in [0, 0.1) is 17.8 Å². The first kappa shape index (κ1) is 29.4. The van der Waals surface area contributed by atoms with Crippen molar-refractivity contribution in [2.45, 2.75) is 25.8 Å². The van der Waals surface area contributed by atoms with E-state index in [0.29, 0.717) is 6.54 Å². The molecular formula is C31H36N4O4S. The van der Waals surface area contributed by atoms with E-state index in [9.17, 15) is 18.4 Å². The fourth-order valence-electron chi connectivity index (χ4n) is 5.07. The largest absolute Gasteiger partial charge is 0.346 e. The van der Waals surface area contributed by atoms with Gasteiger partial charge < -0.3 is 10.6 Å². The van der Waals surface area contributed by atoms with Crippen molar-refractivity contribution in [2.75, 3.05) is 39.3 Å². The number of carbonyl (C=O) groups is 2.